The van der Waals surface area contributed by atoms with Gasteiger partial charge in [0.2, 0.25) is 0 Å². The first-order valence-electron chi connectivity index (χ1n) is 12.7. The van der Waals surface area contributed by atoms with Gasteiger partial charge in [-0.25, -0.2) is 9.97 Å². The van der Waals surface area contributed by atoms with Crippen LogP contribution in [0.25, 0.3) is 16.6 Å². The number of nitrogens with one attached hydrogen (secondary N) is 2. The maximum atomic E-state index is 13.2. The van der Waals surface area contributed by atoms with Gasteiger partial charge < -0.3 is 16.0 Å². The topological polar surface area (TPSA) is 117 Å². The van der Waals surface area contributed by atoms with E-state index in [1.54, 1.807) is 10.6 Å². The second kappa shape index (κ2) is 13.3. The SMILES string of the molecule is CC(Cc1cccc(N2CCC(N)CC2)n1)c1[nH]nc2cccc(NC(=O)c3cnc4ccccn34)c12.Cl.Cl.Cl. The molecule has 12 heteroatoms. The Morgan fingerprint density at radius 1 is 1.07 bits per heavy atom. The standard InChI is InChI=1S/C28H30N8O.3ClH/c1-18(16-20-6-4-10-25(31-20)35-14-11-19(29)12-15-35)27-26-21(7-5-8-22(26)33-34-27)32-28(37)23-17-30-24-9-2-3-13-36(23)24;;;/h2-10,13,17-19H,11-12,14-16,29H2,1H3,(H,32,37)(H,33,34);3*1H. The molecule has 1 aliphatic rings. The maximum absolute atomic E-state index is 13.2. The van der Waals surface area contributed by atoms with Crippen molar-refractivity contribution >= 4 is 71.2 Å². The molecule has 0 aliphatic carbocycles. The number of amides is 1. The van der Waals surface area contributed by atoms with Gasteiger partial charge in [0.05, 0.1) is 17.4 Å². The predicted molar refractivity (Wildman–Crippen MR) is 167 cm³/mol. The summed E-state index contributed by atoms with van der Waals surface area (Å²) >= 11 is 0. The van der Waals surface area contributed by atoms with Crippen LogP contribution in [0.4, 0.5) is 11.5 Å². The second-order valence-corrected chi connectivity index (χ2v) is 9.78. The summed E-state index contributed by atoms with van der Waals surface area (Å²) in [4.78, 5) is 24.8. The van der Waals surface area contributed by atoms with Gasteiger partial charge in [-0.3, -0.25) is 14.3 Å². The number of halogens is 3. The minimum Gasteiger partial charge on any atom is -0.356 e. The van der Waals surface area contributed by atoms with Crippen molar-refractivity contribution in [3.63, 3.8) is 0 Å². The Labute approximate surface area is 251 Å². The second-order valence-electron chi connectivity index (χ2n) is 9.78. The van der Waals surface area contributed by atoms with Gasteiger partial charge in [0.15, 0.2) is 0 Å². The summed E-state index contributed by atoms with van der Waals surface area (Å²) in [5, 5.41) is 11.8. The quantitative estimate of drug-likeness (QED) is 0.239. The lowest BCUT2D eigenvalue weighted by Gasteiger charge is -2.31. The number of piperidine rings is 1. The Morgan fingerprint density at radius 2 is 1.85 bits per heavy atom. The van der Waals surface area contributed by atoms with Crippen molar-refractivity contribution in [1.29, 1.82) is 0 Å². The fourth-order valence-corrected chi connectivity index (χ4v) is 5.14. The molecule has 6 rings (SSSR count). The number of aromatic nitrogens is 5. The third-order valence-corrected chi connectivity index (χ3v) is 7.17. The van der Waals surface area contributed by atoms with Crippen molar-refractivity contribution in [2.24, 2.45) is 5.73 Å². The van der Waals surface area contributed by atoms with E-state index in [1.807, 2.05) is 42.6 Å². The van der Waals surface area contributed by atoms with Crippen LogP contribution >= 0.6 is 37.2 Å². The van der Waals surface area contributed by atoms with Crippen LogP contribution in [0.1, 0.15) is 47.6 Å². The van der Waals surface area contributed by atoms with Crippen LogP contribution < -0.4 is 16.0 Å². The van der Waals surface area contributed by atoms with E-state index in [4.69, 9.17) is 10.7 Å². The monoisotopic (exact) mass is 602 g/mol. The number of H-pyrrole nitrogens is 1. The summed E-state index contributed by atoms with van der Waals surface area (Å²) in [6.07, 6.45) is 6.16. The zero-order chi connectivity index (χ0) is 25.4. The molecule has 0 spiro atoms. The van der Waals surface area contributed by atoms with Crippen molar-refractivity contribution < 1.29 is 4.79 Å². The molecule has 212 valence electrons. The van der Waals surface area contributed by atoms with Crippen molar-refractivity contribution in [1.82, 2.24) is 24.6 Å². The first-order chi connectivity index (χ1) is 18.1. The molecule has 1 aliphatic heterocycles. The summed E-state index contributed by atoms with van der Waals surface area (Å²) in [6.45, 7) is 4.03. The smallest absolute Gasteiger partial charge is 0.274 e. The van der Waals surface area contributed by atoms with Crippen LogP contribution in [0, 0.1) is 0 Å². The van der Waals surface area contributed by atoms with Gasteiger partial charge >= 0.3 is 0 Å². The zero-order valence-electron chi connectivity index (χ0n) is 22.0. The summed E-state index contributed by atoms with van der Waals surface area (Å²) in [5.74, 6) is 0.894. The average Bonchev–Trinajstić information content (AvgIpc) is 3.55. The Bertz CT molecular complexity index is 1580. The number of imidazole rings is 1. The number of fused-ring (bicyclic) bond motifs is 2. The van der Waals surface area contributed by atoms with Crippen molar-refractivity contribution in [3.8, 4) is 0 Å². The summed E-state index contributed by atoms with van der Waals surface area (Å²) in [5.41, 5.74) is 10.8. The van der Waals surface area contributed by atoms with Crippen molar-refractivity contribution in [2.75, 3.05) is 23.3 Å². The molecule has 4 N–H and O–H groups in total. The molecule has 1 fully saturated rings. The largest absolute Gasteiger partial charge is 0.356 e. The van der Waals surface area contributed by atoms with Gasteiger partial charge in [-0.15, -0.1) is 37.2 Å². The van der Waals surface area contributed by atoms with Gasteiger partial charge in [-0.2, -0.15) is 5.10 Å². The molecule has 1 unspecified atom stereocenters. The molecule has 1 atom stereocenters. The molecule has 0 saturated carbocycles. The van der Waals surface area contributed by atoms with Crippen molar-refractivity contribution in [3.05, 3.63) is 84.1 Å². The molecule has 1 aromatic carbocycles. The molecule has 0 radical (unpaired) electrons. The minimum atomic E-state index is -0.221. The highest BCUT2D eigenvalue weighted by molar-refractivity contribution is 6.08. The molecule has 1 amide bonds. The van der Waals surface area contributed by atoms with Crippen LogP contribution in [-0.2, 0) is 6.42 Å². The van der Waals surface area contributed by atoms with Crippen LogP contribution in [0.2, 0.25) is 0 Å². The fourth-order valence-electron chi connectivity index (χ4n) is 5.14. The predicted octanol–water partition coefficient (Wildman–Crippen LogP) is 5.40. The third-order valence-electron chi connectivity index (χ3n) is 7.17. The molecule has 1 saturated heterocycles. The van der Waals surface area contributed by atoms with Gasteiger partial charge in [0.25, 0.3) is 5.91 Å². The van der Waals surface area contributed by atoms with E-state index in [0.717, 1.165) is 71.8 Å². The van der Waals surface area contributed by atoms with Crippen LogP contribution in [-0.4, -0.2) is 49.6 Å². The highest BCUT2D eigenvalue weighted by atomic mass is 35.5. The molecular formula is C28H33Cl3N8O. The van der Waals surface area contributed by atoms with E-state index in [-0.39, 0.29) is 55.1 Å². The third kappa shape index (κ3) is 6.18. The van der Waals surface area contributed by atoms with E-state index in [9.17, 15) is 4.79 Å². The maximum Gasteiger partial charge on any atom is 0.274 e. The Kier molecular flexibility index (Phi) is 10.4. The van der Waals surface area contributed by atoms with Gasteiger partial charge in [-0.1, -0.05) is 25.1 Å². The summed E-state index contributed by atoms with van der Waals surface area (Å²) in [6, 6.07) is 17.9. The number of anilines is 2. The van der Waals surface area contributed by atoms with Gasteiger partial charge in [0.1, 0.15) is 17.2 Å². The zero-order valence-corrected chi connectivity index (χ0v) is 24.4. The lowest BCUT2D eigenvalue weighted by atomic mass is 9.97. The van der Waals surface area contributed by atoms with Crippen molar-refractivity contribution in [2.45, 2.75) is 38.1 Å². The molecule has 40 heavy (non-hydrogen) atoms. The number of carbonyl (C=O) groups is 1. The number of carbonyl (C=O) groups excluding carboxylic acids is 1. The fraction of sp³-hybridized carbons (Fsp3) is 0.286. The number of benzene rings is 1. The van der Waals surface area contributed by atoms with Gasteiger partial charge in [0, 0.05) is 48.0 Å². The summed E-state index contributed by atoms with van der Waals surface area (Å²) in [7, 11) is 0. The Balaban J connectivity index is 0.00000147. The number of hydrogen-bond donors (Lipinski definition) is 3. The number of rotatable bonds is 6. The molecule has 5 aromatic rings. The van der Waals surface area contributed by atoms with Crippen LogP contribution in [0.15, 0.2) is 67.0 Å². The first-order valence-corrected chi connectivity index (χ1v) is 12.7. The Hall–Kier alpha value is -3.37. The molecule has 0 bridgehead atoms. The number of pyridine rings is 2. The molecule has 5 heterocycles. The van der Waals surface area contributed by atoms with Crippen LogP contribution in [0.5, 0.6) is 0 Å². The highest BCUT2D eigenvalue weighted by Gasteiger charge is 2.21. The average molecular weight is 604 g/mol. The van der Waals surface area contributed by atoms with E-state index < -0.39 is 0 Å². The van der Waals surface area contributed by atoms with E-state index in [2.05, 4.69) is 50.5 Å². The van der Waals surface area contributed by atoms with E-state index in [0.29, 0.717) is 5.69 Å². The van der Waals surface area contributed by atoms with E-state index >= 15 is 0 Å². The molecule has 4 aromatic heterocycles. The lowest BCUT2D eigenvalue weighted by Crippen LogP contribution is -2.40. The normalized spacial score (nSPS) is 14.2. The minimum absolute atomic E-state index is 0. The number of nitrogens with zero attached hydrogens (tertiary/aromatic N) is 5. The number of nitrogens with two attached hydrogens (primary N) is 1. The summed E-state index contributed by atoms with van der Waals surface area (Å²) < 4.78 is 1.78. The number of hydrogen-bond acceptors (Lipinski definition) is 6. The van der Waals surface area contributed by atoms with Crippen LogP contribution in [0.3, 0.4) is 0 Å². The number of aromatic amines is 1. The molecular weight excluding hydrogens is 571 g/mol. The Morgan fingerprint density at radius 3 is 2.65 bits per heavy atom. The lowest BCUT2D eigenvalue weighted by molar-refractivity contribution is 0.102. The van der Waals surface area contributed by atoms with Gasteiger partial charge in [-0.05, 0) is 55.7 Å². The first kappa shape index (κ1) is 31.2. The highest BCUT2D eigenvalue weighted by Crippen LogP contribution is 2.32. The van der Waals surface area contributed by atoms with E-state index in [1.165, 1.54) is 0 Å². The molecule has 9 nitrogen and oxygen atoms in total.